The Morgan fingerprint density at radius 2 is 2.31 bits per heavy atom. The molecular weight excluding hydrogens is 266 g/mol. The molecule has 0 aliphatic rings. The van der Waals surface area contributed by atoms with Crippen LogP contribution in [0, 0.1) is 12.3 Å². The van der Waals surface area contributed by atoms with Gasteiger partial charge in [0.05, 0.1) is 11.1 Å². The lowest BCUT2D eigenvalue weighted by Crippen LogP contribution is -2.18. The summed E-state index contributed by atoms with van der Waals surface area (Å²) in [5.41, 5.74) is 6.91. The molecule has 0 radical (unpaired) electrons. The summed E-state index contributed by atoms with van der Waals surface area (Å²) in [6.07, 6.45) is 6.59. The number of hydrogen-bond acceptors (Lipinski definition) is 2. The first kappa shape index (κ1) is 13.1. The van der Waals surface area contributed by atoms with Crippen LogP contribution in [0.4, 0.5) is 0 Å². The van der Waals surface area contributed by atoms with Gasteiger partial charge in [-0.1, -0.05) is 12.1 Å². The Morgan fingerprint density at radius 3 is 2.94 bits per heavy atom. The van der Waals surface area contributed by atoms with E-state index in [4.69, 9.17) is 16.9 Å². The Bertz CT molecular complexity index is 382. The maximum absolute atomic E-state index is 5.80. The van der Waals surface area contributed by atoms with E-state index < -0.39 is 0 Å². The van der Waals surface area contributed by atoms with Crippen molar-refractivity contribution >= 4 is 15.9 Å². The van der Waals surface area contributed by atoms with Gasteiger partial charge in [0.2, 0.25) is 0 Å². The van der Waals surface area contributed by atoms with Crippen molar-refractivity contribution in [1.29, 1.82) is 0 Å². The van der Waals surface area contributed by atoms with Crippen LogP contribution >= 0.6 is 15.9 Å². The third-order valence-electron chi connectivity index (χ3n) is 2.08. The van der Waals surface area contributed by atoms with Crippen molar-refractivity contribution in [2.45, 2.75) is 25.8 Å². The summed E-state index contributed by atoms with van der Waals surface area (Å²) in [6, 6.07) is 6.08. The van der Waals surface area contributed by atoms with Crippen LogP contribution < -0.4 is 10.5 Å². The lowest BCUT2D eigenvalue weighted by Gasteiger charge is -2.14. The smallest absolute Gasteiger partial charge is 0.136 e. The zero-order valence-corrected chi connectivity index (χ0v) is 11.0. The summed E-state index contributed by atoms with van der Waals surface area (Å²) in [5.74, 6) is 3.41. The van der Waals surface area contributed by atoms with E-state index in [1.165, 1.54) is 0 Å². The van der Waals surface area contributed by atoms with Crippen molar-refractivity contribution in [3.05, 3.63) is 28.2 Å². The molecule has 0 bridgehead atoms. The summed E-state index contributed by atoms with van der Waals surface area (Å²) in [4.78, 5) is 0. The van der Waals surface area contributed by atoms with Gasteiger partial charge in [0.25, 0.3) is 0 Å². The van der Waals surface area contributed by atoms with E-state index in [1.54, 1.807) is 0 Å². The van der Waals surface area contributed by atoms with E-state index in [2.05, 4.69) is 21.9 Å². The lowest BCUT2D eigenvalue weighted by molar-refractivity contribution is 0.321. The van der Waals surface area contributed by atoms with Gasteiger partial charge >= 0.3 is 0 Å². The number of terminal acetylenes is 1. The Kier molecular flexibility index (Phi) is 5.37. The van der Waals surface area contributed by atoms with E-state index in [9.17, 15) is 0 Å². The molecule has 0 aliphatic carbocycles. The third-order valence-corrected chi connectivity index (χ3v) is 2.71. The zero-order valence-electron chi connectivity index (χ0n) is 9.37. The highest BCUT2D eigenvalue weighted by atomic mass is 79.9. The summed E-state index contributed by atoms with van der Waals surface area (Å²) in [5, 5.41) is 0. The van der Waals surface area contributed by atoms with Crippen LogP contribution in [0.1, 0.15) is 18.9 Å². The molecule has 1 atom stereocenters. The molecule has 2 N–H and O–H groups in total. The number of nitrogens with two attached hydrogens (primary N) is 1. The van der Waals surface area contributed by atoms with Crippen LogP contribution in [0.25, 0.3) is 0 Å². The number of hydrogen-bond donors (Lipinski definition) is 1. The minimum Gasteiger partial charge on any atom is -0.491 e. The van der Waals surface area contributed by atoms with Gasteiger partial charge in [-0.25, -0.2) is 0 Å². The maximum atomic E-state index is 5.80. The number of ether oxygens (including phenoxy) is 1. The van der Waals surface area contributed by atoms with Gasteiger partial charge in [-0.2, -0.15) is 0 Å². The summed E-state index contributed by atoms with van der Waals surface area (Å²) in [7, 11) is 0. The van der Waals surface area contributed by atoms with Gasteiger partial charge in [0.1, 0.15) is 5.75 Å². The molecule has 0 fully saturated rings. The fourth-order valence-corrected chi connectivity index (χ4v) is 1.96. The van der Waals surface area contributed by atoms with Gasteiger partial charge in [-0.05, 0) is 40.9 Å². The SMILES string of the molecule is C#CCCOc1c(Br)cccc1CC(C)N. The quantitative estimate of drug-likeness (QED) is 0.665. The molecule has 0 aromatic heterocycles. The van der Waals surface area contributed by atoms with Crippen LogP contribution in [0.15, 0.2) is 22.7 Å². The van der Waals surface area contributed by atoms with Crippen molar-refractivity contribution in [2.24, 2.45) is 5.73 Å². The van der Waals surface area contributed by atoms with Gasteiger partial charge in [-0.15, -0.1) is 12.3 Å². The normalized spacial score (nSPS) is 11.9. The van der Waals surface area contributed by atoms with Crippen molar-refractivity contribution < 1.29 is 4.74 Å². The minimum atomic E-state index is 0.115. The van der Waals surface area contributed by atoms with Gasteiger partial charge in [0.15, 0.2) is 0 Å². The first-order chi connectivity index (χ1) is 7.65. The van der Waals surface area contributed by atoms with E-state index in [0.717, 1.165) is 22.2 Å². The van der Waals surface area contributed by atoms with Crippen LogP contribution in [-0.2, 0) is 6.42 Å². The molecule has 1 aromatic carbocycles. The maximum Gasteiger partial charge on any atom is 0.136 e. The highest BCUT2D eigenvalue weighted by molar-refractivity contribution is 9.10. The molecule has 1 aromatic rings. The summed E-state index contributed by atoms with van der Waals surface area (Å²) < 4.78 is 6.61. The Morgan fingerprint density at radius 1 is 1.56 bits per heavy atom. The molecular formula is C13H16BrNO. The first-order valence-corrected chi connectivity index (χ1v) is 6.03. The molecule has 0 aliphatic heterocycles. The molecule has 0 saturated heterocycles. The van der Waals surface area contributed by atoms with Gasteiger partial charge < -0.3 is 10.5 Å². The van der Waals surface area contributed by atoms with E-state index in [-0.39, 0.29) is 6.04 Å². The molecule has 0 spiro atoms. The second-order valence-corrected chi connectivity index (χ2v) is 4.57. The van der Waals surface area contributed by atoms with Crippen molar-refractivity contribution in [3.8, 4) is 18.1 Å². The Hall–Kier alpha value is -0.980. The molecule has 1 rings (SSSR count). The van der Waals surface area contributed by atoms with Crippen molar-refractivity contribution in [1.82, 2.24) is 0 Å². The molecule has 86 valence electrons. The number of halogens is 1. The predicted molar refractivity (Wildman–Crippen MR) is 70.4 cm³/mol. The largest absolute Gasteiger partial charge is 0.491 e. The molecule has 2 nitrogen and oxygen atoms in total. The highest BCUT2D eigenvalue weighted by Gasteiger charge is 2.09. The fraction of sp³-hybridized carbons (Fsp3) is 0.385. The Balaban J connectivity index is 2.82. The lowest BCUT2D eigenvalue weighted by atomic mass is 10.1. The molecule has 0 heterocycles. The van der Waals surface area contributed by atoms with Gasteiger partial charge in [0, 0.05) is 12.5 Å². The van der Waals surface area contributed by atoms with Crippen LogP contribution in [0.3, 0.4) is 0 Å². The van der Waals surface area contributed by atoms with E-state index in [0.29, 0.717) is 13.0 Å². The molecule has 16 heavy (non-hydrogen) atoms. The average molecular weight is 282 g/mol. The fourth-order valence-electron chi connectivity index (χ4n) is 1.43. The number of para-hydroxylation sites is 1. The topological polar surface area (TPSA) is 35.2 Å². The van der Waals surface area contributed by atoms with Crippen LogP contribution in [0.5, 0.6) is 5.75 Å². The third kappa shape index (κ3) is 3.88. The van der Waals surface area contributed by atoms with Crippen molar-refractivity contribution in [3.63, 3.8) is 0 Å². The standard InChI is InChI=1S/C13H16BrNO/c1-3-4-8-16-13-11(9-10(2)15)6-5-7-12(13)14/h1,5-7,10H,4,8-9,15H2,2H3. The van der Waals surface area contributed by atoms with E-state index in [1.807, 2.05) is 25.1 Å². The van der Waals surface area contributed by atoms with Gasteiger partial charge in [-0.3, -0.25) is 0 Å². The first-order valence-electron chi connectivity index (χ1n) is 5.24. The monoisotopic (exact) mass is 281 g/mol. The van der Waals surface area contributed by atoms with Crippen molar-refractivity contribution in [2.75, 3.05) is 6.61 Å². The van der Waals surface area contributed by atoms with Crippen LogP contribution in [0.2, 0.25) is 0 Å². The minimum absolute atomic E-state index is 0.115. The van der Waals surface area contributed by atoms with E-state index >= 15 is 0 Å². The highest BCUT2D eigenvalue weighted by Crippen LogP contribution is 2.29. The molecule has 1 unspecified atom stereocenters. The molecule has 0 saturated carbocycles. The summed E-state index contributed by atoms with van der Waals surface area (Å²) in [6.45, 7) is 2.51. The molecule has 3 heteroatoms. The number of rotatable bonds is 5. The zero-order chi connectivity index (χ0) is 12.0. The Labute approximate surface area is 105 Å². The predicted octanol–water partition coefficient (Wildman–Crippen LogP) is 2.74. The second-order valence-electron chi connectivity index (χ2n) is 3.71. The second kappa shape index (κ2) is 6.57. The van der Waals surface area contributed by atoms with Crippen LogP contribution in [-0.4, -0.2) is 12.6 Å². The number of benzene rings is 1. The average Bonchev–Trinajstić information content (AvgIpc) is 2.21. The molecule has 0 amide bonds. The summed E-state index contributed by atoms with van der Waals surface area (Å²) >= 11 is 3.47.